The maximum absolute atomic E-state index is 12.8. The van der Waals surface area contributed by atoms with Gasteiger partial charge in [-0.15, -0.1) is 0 Å². The van der Waals surface area contributed by atoms with Gasteiger partial charge in [-0.1, -0.05) is 17.3 Å². The molecule has 3 heterocycles. The SMILES string of the molecule is COc1cc(NC2CCN(S(=O)(=O)Cc3noc4ccccc34)CC2)ncn1. The molecule has 2 aromatic heterocycles. The van der Waals surface area contributed by atoms with Crippen molar-refractivity contribution in [1.82, 2.24) is 19.4 Å². The van der Waals surface area contributed by atoms with E-state index in [1.165, 1.54) is 10.6 Å². The lowest BCUT2D eigenvalue weighted by Crippen LogP contribution is -2.42. The number of piperidine rings is 1. The summed E-state index contributed by atoms with van der Waals surface area (Å²) in [7, 11) is -1.92. The molecule has 4 rings (SSSR count). The lowest BCUT2D eigenvalue weighted by atomic mass is 10.1. The summed E-state index contributed by atoms with van der Waals surface area (Å²) in [5.41, 5.74) is 1.04. The van der Waals surface area contributed by atoms with Crippen molar-refractivity contribution in [3.8, 4) is 5.88 Å². The number of hydrogen-bond donors (Lipinski definition) is 1. The summed E-state index contributed by atoms with van der Waals surface area (Å²) in [6.45, 7) is 0.885. The zero-order chi connectivity index (χ0) is 19.6. The number of aromatic nitrogens is 3. The predicted octanol–water partition coefficient (Wildman–Crippen LogP) is 2.03. The van der Waals surface area contributed by atoms with Crippen molar-refractivity contribution in [2.45, 2.75) is 24.6 Å². The molecule has 10 heteroatoms. The summed E-state index contributed by atoms with van der Waals surface area (Å²) in [4.78, 5) is 8.15. The van der Waals surface area contributed by atoms with E-state index in [1.807, 2.05) is 18.2 Å². The van der Waals surface area contributed by atoms with E-state index in [1.54, 1.807) is 19.2 Å². The molecule has 0 unspecified atom stereocenters. The Hall–Kier alpha value is -2.72. The number of methoxy groups -OCH3 is 1. The van der Waals surface area contributed by atoms with Crippen molar-refractivity contribution in [2.75, 3.05) is 25.5 Å². The first kappa shape index (κ1) is 18.6. The Bertz CT molecular complexity index is 1060. The highest BCUT2D eigenvalue weighted by Crippen LogP contribution is 2.24. The fourth-order valence-corrected chi connectivity index (χ4v) is 4.83. The number of para-hydroxylation sites is 1. The van der Waals surface area contributed by atoms with Gasteiger partial charge in [0.2, 0.25) is 15.9 Å². The molecular formula is C18H21N5O4S. The molecule has 1 aliphatic rings. The van der Waals surface area contributed by atoms with E-state index >= 15 is 0 Å². The molecule has 0 bridgehead atoms. The number of anilines is 1. The molecule has 0 amide bonds. The Morgan fingerprint density at radius 1 is 1.25 bits per heavy atom. The minimum atomic E-state index is -3.47. The summed E-state index contributed by atoms with van der Waals surface area (Å²) in [5.74, 6) is 0.991. The van der Waals surface area contributed by atoms with Crippen LogP contribution in [0, 0.1) is 0 Å². The third-order valence-electron chi connectivity index (χ3n) is 4.82. The molecule has 0 atom stereocenters. The molecule has 0 saturated carbocycles. The first-order valence-corrected chi connectivity index (χ1v) is 10.6. The molecule has 0 spiro atoms. The number of nitrogens with one attached hydrogen (secondary N) is 1. The Balaban J connectivity index is 1.38. The van der Waals surface area contributed by atoms with Gasteiger partial charge in [-0.2, -0.15) is 0 Å². The second-order valence-electron chi connectivity index (χ2n) is 6.64. The molecule has 3 aromatic rings. The Kier molecular flexibility index (Phi) is 5.14. The molecule has 0 aliphatic carbocycles. The number of ether oxygens (including phenoxy) is 1. The summed E-state index contributed by atoms with van der Waals surface area (Å²) >= 11 is 0. The summed E-state index contributed by atoms with van der Waals surface area (Å²) in [5, 5.41) is 8.00. The number of fused-ring (bicyclic) bond motifs is 1. The van der Waals surface area contributed by atoms with Gasteiger partial charge in [0.1, 0.15) is 23.6 Å². The van der Waals surface area contributed by atoms with E-state index in [0.29, 0.717) is 48.9 Å². The van der Waals surface area contributed by atoms with Gasteiger partial charge in [0.15, 0.2) is 5.58 Å². The minimum Gasteiger partial charge on any atom is -0.481 e. The highest BCUT2D eigenvalue weighted by Gasteiger charge is 2.29. The first-order chi connectivity index (χ1) is 13.5. The zero-order valence-corrected chi connectivity index (χ0v) is 16.2. The van der Waals surface area contributed by atoms with Crippen LogP contribution in [0.1, 0.15) is 18.5 Å². The van der Waals surface area contributed by atoms with Gasteiger partial charge in [-0.25, -0.2) is 22.7 Å². The molecule has 0 radical (unpaired) electrons. The molecule has 28 heavy (non-hydrogen) atoms. The molecule has 1 aliphatic heterocycles. The van der Waals surface area contributed by atoms with E-state index in [9.17, 15) is 8.42 Å². The monoisotopic (exact) mass is 403 g/mol. The number of benzene rings is 1. The fourth-order valence-electron chi connectivity index (χ4n) is 3.32. The van der Waals surface area contributed by atoms with Crippen LogP contribution in [-0.2, 0) is 15.8 Å². The van der Waals surface area contributed by atoms with Gasteiger partial charge in [-0.3, -0.25) is 0 Å². The van der Waals surface area contributed by atoms with Crippen molar-refractivity contribution in [1.29, 1.82) is 0 Å². The average molecular weight is 403 g/mol. The standard InChI is InChI=1S/C18H21N5O4S/c1-26-18-10-17(19-12-20-18)21-13-6-8-23(9-7-13)28(24,25)11-15-14-4-2-3-5-16(14)27-22-15/h2-5,10,12-13H,6-9,11H2,1H3,(H,19,20,21). The van der Waals surface area contributed by atoms with Crippen LogP contribution in [0.25, 0.3) is 11.0 Å². The quantitative estimate of drug-likeness (QED) is 0.666. The number of hydrogen-bond acceptors (Lipinski definition) is 8. The number of rotatable bonds is 6. The van der Waals surface area contributed by atoms with Crippen LogP contribution in [0.15, 0.2) is 41.2 Å². The molecule has 9 nitrogen and oxygen atoms in total. The molecule has 1 aromatic carbocycles. The van der Waals surface area contributed by atoms with Gasteiger partial charge in [0, 0.05) is 30.6 Å². The molecule has 1 fully saturated rings. The summed E-state index contributed by atoms with van der Waals surface area (Å²) < 4.78 is 37.5. The molecular weight excluding hydrogens is 382 g/mol. The van der Waals surface area contributed by atoms with Crippen LogP contribution in [0.3, 0.4) is 0 Å². The Labute approximate surface area is 162 Å². The summed E-state index contributed by atoms with van der Waals surface area (Å²) in [6.07, 6.45) is 2.80. The smallest absolute Gasteiger partial charge is 0.220 e. The van der Waals surface area contributed by atoms with Gasteiger partial charge in [-0.05, 0) is 25.0 Å². The Morgan fingerprint density at radius 3 is 2.82 bits per heavy atom. The van der Waals surface area contributed by atoms with Gasteiger partial charge < -0.3 is 14.6 Å². The summed E-state index contributed by atoms with van der Waals surface area (Å²) in [6, 6.07) is 9.13. The second-order valence-corrected chi connectivity index (χ2v) is 8.61. The van der Waals surface area contributed by atoms with Crippen molar-refractivity contribution in [2.24, 2.45) is 0 Å². The van der Waals surface area contributed by atoms with E-state index in [0.717, 1.165) is 5.39 Å². The lowest BCUT2D eigenvalue weighted by Gasteiger charge is -2.31. The van der Waals surface area contributed by atoms with E-state index in [4.69, 9.17) is 9.26 Å². The van der Waals surface area contributed by atoms with E-state index in [2.05, 4.69) is 20.4 Å². The second kappa shape index (κ2) is 7.72. The zero-order valence-electron chi connectivity index (χ0n) is 15.4. The van der Waals surface area contributed by atoms with Crippen LogP contribution in [-0.4, -0.2) is 54.1 Å². The maximum atomic E-state index is 12.8. The molecule has 1 N–H and O–H groups in total. The van der Waals surface area contributed by atoms with Gasteiger partial charge >= 0.3 is 0 Å². The topological polar surface area (TPSA) is 110 Å². The van der Waals surface area contributed by atoms with Crippen LogP contribution >= 0.6 is 0 Å². The largest absolute Gasteiger partial charge is 0.481 e. The average Bonchev–Trinajstić information content (AvgIpc) is 3.11. The first-order valence-electron chi connectivity index (χ1n) is 8.99. The van der Waals surface area contributed by atoms with Crippen LogP contribution in [0.2, 0.25) is 0 Å². The molecule has 148 valence electrons. The van der Waals surface area contributed by atoms with Crippen LogP contribution in [0.4, 0.5) is 5.82 Å². The third-order valence-corrected chi connectivity index (χ3v) is 6.61. The normalized spacial score (nSPS) is 16.3. The van der Waals surface area contributed by atoms with E-state index < -0.39 is 10.0 Å². The fraction of sp³-hybridized carbons (Fsp3) is 0.389. The van der Waals surface area contributed by atoms with Crippen LogP contribution in [0.5, 0.6) is 5.88 Å². The third kappa shape index (κ3) is 3.92. The highest BCUT2D eigenvalue weighted by atomic mass is 32.2. The Morgan fingerprint density at radius 2 is 2.04 bits per heavy atom. The number of nitrogens with zero attached hydrogens (tertiary/aromatic N) is 4. The van der Waals surface area contributed by atoms with Crippen molar-refractivity contribution in [3.05, 3.63) is 42.4 Å². The van der Waals surface area contributed by atoms with Gasteiger partial charge in [0.25, 0.3) is 0 Å². The number of sulfonamides is 1. The van der Waals surface area contributed by atoms with Gasteiger partial charge in [0.05, 0.1) is 7.11 Å². The lowest BCUT2D eigenvalue weighted by molar-refractivity contribution is 0.328. The van der Waals surface area contributed by atoms with Crippen molar-refractivity contribution < 1.29 is 17.7 Å². The van der Waals surface area contributed by atoms with E-state index in [-0.39, 0.29) is 11.8 Å². The predicted molar refractivity (Wildman–Crippen MR) is 103 cm³/mol. The minimum absolute atomic E-state index is 0.138. The van der Waals surface area contributed by atoms with Crippen LogP contribution < -0.4 is 10.1 Å². The molecule has 1 saturated heterocycles. The highest BCUT2D eigenvalue weighted by molar-refractivity contribution is 7.88. The van der Waals surface area contributed by atoms with Crippen molar-refractivity contribution in [3.63, 3.8) is 0 Å². The van der Waals surface area contributed by atoms with Crippen molar-refractivity contribution >= 4 is 26.8 Å². The maximum Gasteiger partial charge on any atom is 0.220 e.